The van der Waals surface area contributed by atoms with Gasteiger partial charge < -0.3 is 9.80 Å². The van der Waals surface area contributed by atoms with Crippen molar-refractivity contribution in [3.8, 4) is 66.8 Å². The van der Waals surface area contributed by atoms with E-state index >= 15 is 0 Å². The monoisotopic (exact) mass is 876 g/mol. The van der Waals surface area contributed by atoms with E-state index in [9.17, 15) is 0 Å². The predicted molar refractivity (Wildman–Crippen MR) is 293 cm³/mol. The highest BCUT2D eigenvalue weighted by Gasteiger charge is 2.44. The second-order valence-electron chi connectivity index (χ2n) is 18.0. The van der Waals surface area contributed by atoms with Crippen molar-refractivity contribution in [2.75, 3.05) is 9.80 Å². The third-order valence-electron chi connectivity index (χ3n) is 14.1. The lowest BCUT2D eigenvalue weighted by molar-refractivity contribution is 1.25. The summed E-state index contributed by atoms with van der Waals surface area (Å²) in [5.74, 6) is 0. The molecule has 0 aliphatic carbocycles. The minimum atomic E-state index is -0.0968. The molecule has 2 heterocycles. The van der Waals surface area contributed by atoms with Crippen LogP contribution in [0.1, 0.15) is 0 Å². The number of nitrogens with zero attached hydrogens (tertiary/aromatic N) is 2. The van der Waals surface area contributed by atoms with Crippen LogP contribution in [-0.4, -0.2) is 6.71 Å². The zero-order valence-corrected chi connectivity index (χ0v) is 38.0. The molecule has 0 atom stereocenters. The Kier molecular flexibility index (Phi) is 9.98. The van der Waals surface area contributed by atoms with Crippen LogP contribution in [0.15, 0.2) is 273 Å². The molecule has 0 bridgehead atoms. The van der Waals surface area contributed by atoms with Gasteiger partial charge in [-0.1, -0.05) is 224 Å². The standard InChI is InChI=1S/C66H45BN2/c1-7-20-46(21-8-1)48-34-38-54(39-35-48)68-62-32-19-33-63-66(62)67(60-42-56(50-24-11-3-12-25-50)58(44-64(60)68)52-28-15-5-16-29-52)61-43-57(51-26-13-4-14-27-51)59(53-30-17-6-18-31-53)45-65(61)69(63)55-40-36-49(37-41-55)47-22-9-2-10-23-47/h1-45H. The van der Waals surface area contributed by atoms with Gasteiger partial charge in [-0.3, -0.25) is 0 Å². The van der Waals surface area contributed by atoms with Gasteiger partial charge in [0.15, 0.2) is 0 Å². The molecule has 0 aromatic heterocycles. The summed E-state index contributed by atoms with van der Waals surface area (Å²) >= 11 is 0. The quantitative estimate of drug-likeness (QED) is 0.140. The molecule has 11 aromatic carbocycles. The van der Waals surface area contributed by atoms with E-state index in [-0.39, 0.29) is 6.71 Å². The number of fused-ring (bicyclic) bond motifs is 4. The lowest BCUT2D eigenvalue weighted by Crippen LogP contribution is -2.61. The fraction of sp³-hybridized carbons (Fsp3) is 0. The Hall–Kier alpha value is -8.92. The first kappa shape index (κ1) is 40.4. The summed E-state index contributed by atoms with van der Waals surface area (Å²) in [5, 5.41) is 0. The van der Waals surface area contributed by atoms with Gasteiger partial charge in [0.05, 0.1) is 0 Å². The van der Waals surface area contributed by atoms with Crippen LogP contribution < -0.4 is 26.2 Å². The highest BCUT2D eigenvalue weighted by atomic mass is 15.2. The van der Waals surface area contributed by atoms with Gasteiger partial charge in [0.25, 0.3) is 6.71 Å². The third-order valence-corrected chi connectivity index (χ3v) is 14.1. The molecule has 0 fully saturated rings. The van der Waals surface area contributed by atoms with Gasteiger partial charge in [0.2, 0.25) is 0 Å². The van der Waals surface area contributed by atoms with Crippen LogP contribution in [0.2, 0.25) is 0 Å². The van der Waals surface area contributed by atoms with Crippen molar-refractivity contribution in [1.29, 1.82) is 0 Å². The fourth-order valence-corrected chi connectivity index (χ4v) is 10.9. The smallest absolute Gasteiger partial charge is 0.252 e. The van der Waals surface area contributed by atoms with Crippen molar-refractivity contribution in [1.82, 2.24) is 0 Å². The number of hydrogen-bond donors (Lipinski definition) is 0. The highest BCUT2D eigenvalue weighted by molar-refractivity contribution is 7.00. The van der Waals surface area contributed by atoms with E-state index in [0.29, 0.717) is 0 Å². The minimum absolute atomic E-state index is 0.0968. The summed E-state index contributed by atoms with van der Waals surface area (Å²) in [5.41, 5.74) is 25.1. The number of rotatable bonds is 8. The van der Waals surface area contributed by atoms with E-state index < -0.39 is 0 Å². The number of hydrogen-bond acceptors (Lipinski definition) is 2. The largest absolute Gasteiger partial charge is 0.311 e. The van der Waals surface area contributed by atoms with Crippen molar-refractivity contribution in [3.05, 3.63) is 273 Å². The first-order valence-corrected chi connectivity index (χ1v) is 23.9. The Labute approximate surface area is 404 Å². The summed E-state index contributed by atoms with van der Waals surface area (Å²) in [6.07, 6.45) is 0. The molecular weight excluding hydrogens is 832 g/mol. The molecule has 0 saturated carbocycles. The lowest BCUT2D eigenvalue weighted by atomic mass is 9.33. The fourth-order valence-electron chi connectivity index (χ4n) is 10.9. The highest BCUT2D eigenvalue weighted by Crippen LogP contribution is 2.48. The third kappa shape index (κ3) is 7.06. The first-order valence-electron chi connectivity index (χ1n) is 23.9. The van der Waals surface area contributed by atoms with Gasteiger partial charge in [-0.15, -0.1) is 0 Å². The molecule has 69 heavy (non-hydrogen) atoms. The maximum atomic E-state index is 2.53. The van der Waals surface area contributed by atoms with E-state index in [0.717, 1.165) is 11.4 Å². The van der Waals surface area contributed by atoms with Crippen LogP contribution in [0.4, 0.5) is 34.1 Å². The summed E-state index contributed by atoms with van der Waals surface area (Å²) in [6, 6.07) is 100. The van der Waals surface area contributed by atoms with E-state index in [4.69, 9.17) is 0 Å². The normalized spacial score (nSPS) is 12.3. The Morgan fingerprint density at radius 3 is 0.812 bits per heavy atom. The van der Waals surface area contributed by atoms with Gasteiger partial charge in [0.1, 0.15) is 0 Å². The van der Waals surface area contributed by atoms with Crippen LogP contribution in [0.3, 0.4) is 0 Å². The number of anilines is 6. The Morgan fingerprint density at radius 1 is 0.217 bits per heavy atom. The Balaban J connectivity index is 1.12. The van der Waals surface area contributed by atoms with Crippen LogP contribution in [-0.2, 0) is 0 Å². The average molecular weight is 877 g/mol. The van der Waals surface area contributed by atoms with Crippen molar-refractivity contribution >= 4 is 57.2 Å². The van der Waals surface area contributed by atoms with Crippen molar-refractivity contribution in [3.63, 3.8) is 0 Å². The van der Waals surface area contributed by atoms with E-state index in [1.54, 1.807) is 0 Å². The molecule has 0 unspecified atom stereocenters. The number of benzene rings is 11. The van der Waals surface area contributed by atoms with Gasteiger partial charge >= 0.3 is 0 Å². The van der Waals surface area contributed by atoms with E-state index in [1.165, 1.54) is 106 Å². The summed E-state index contributed by atoms with van der Waals surface area (Å²) in [6.45, 7) is -0.0968. The molecule has 2 nitrogen and oxygen atoms in total. The van der Waals surface area contributed by atoms with E-state index in [1.807, 2.05) is 0 Å². The zero-order chi connectivity index (χ0) is 45.7. The molecule has 0 saturated heterocycles. The topological polar surface area (TPSA) is 6.48 Å². The molecule has 0 N–H and O–H groups in total. The van der Waals surface area contributed by atoms with Gasteiger partial charge in [-0.05, 0) is 132 Å². The van der Waals surface area contributed by atoms with Crippen molar-refractivity contribution in [2.45, 2.75) is 0 Å². The van der Waals surface area contributed by atoms with E-state index in [2.05, 4.69) is 283 Å². The molecule has 2 aliphatic heterocycles. The average Bonchev–Trinajstić information content (AvgIpc) is 3.44. The molecule has 2 aliphatic rings. The molecule has 13 rings (SSSR count). The predicted octanol–water partition coefficient (Wildman–Crippen LogP) is 15.8. The minimum Gasteiger partial charge on any atom is -0.311 e. The summed E-state index contributed by atoms with van der Waals surface area (Å²) < 4.78 is 0. The maximum Gasteiger partial charge on any atom is 0.252 e. The molecule has 0 radical (unpaired) electrons. The zero-order valence-electron chi connectivity index (χ0n) is 38.0. The Bertz CT molecular complexity index is 3380. The molecular formula is C66H45BN2. The van der Waals surface area contributed by atoms with Gasteiger partial charge in [-0.2, -0.15) is 0 Å². The van der Waals surface area contributed by atoms with Gasteiger partial charge in [-0.25, -0.2) is 0 Å². The summed E-state index contributed by atoms with van der Waals surface area (Å²) in [7, 11) is 0. The SMILES string of the molecule is c1ccc(-c2ccc(N3c4cc(-c5ccccc5)c(-c5ccccc5)cc4B4c5cc(-c6ccccc6)c(-c6ccccc6)cc5N(c5ccc(-c6ccccc6)cc5)c5cccc3c54)cc2)cc1. The molecule has 322 valence electrons. The van der Waals surface area contributed by atoms with Crippen LogP contribution in [0.25, 0.3) is 66.8 Å². The molecule has 3 heteroatoms. The van der Waals surface area contributed by atoms with Crippen molar-refractivity contribution < 1.29 is 0 Å². The van der Waals surface area contributed by atoms with Gasteiger partial charge in [0, 0.05) is 34.1 Å². The molecule has 0 spiro atoms. The molecule has 0 amide bonds. The Morgan fingerprint density at radius 2 is 0.493 bits per heavy atom. The second kappa shape index (κ2) is 17.1. The second-order valence-corrected chi connectivity index (χ2v) is 18.0. The first-order chi connectivity index (χ1) is 34.2. The van der Waals surface area contributed by atoms with Crippen LogP contribution in [0, 0.1) is 0 Å². The summed E-state index contributed by atoms with van der Waals surface area (Å²) in [4.78, 5) is 5.05. The van der Waals surface area contributed by atoms with Crippen LogP contribution >= 0.6 is 0 Å². The van der Waals surface area contributed by atoms with Crippen molar-refractivity contribution in [2.24, 2.45) is 0 Å². The lowest BCUT2D eigenvalue weighted by Gasteiger charge is -2.45. The van der Waals surface area contributed by atoms with Crippen LogP contribution in [0.5, 0.6) is 0 Å². The maximum absolute atomic E-state index is 2.53. The molecule has 11 aromatic rings.